The van der Waals surface area contributed by atoms with Crippen molar-refractivity contribution < 1.29 is 4.79 Å². The van der Waals surface area contributed by atoms with Gasteiger partial charge in [-0.3, -0.25) is 4.79 Å². The first-order valence-corrected chi connectivity index (χ1v) is 7.12. The Bertz CT molecular complexity index is 446. The van der Waals surface area contributed by atoms with Crippen molar-refractivity contribution in [2.24, 2.45) is 11.8 Å². The van der Waals surface area contributed by atoms with Crippen LogP contribution >= 0.6 is 0 Å². The number of carbonyl (C=O) groups is 1. The van der Waals surface area contributed by atoms with E-state index in [2.05, 4.69) is 25.7 Å². The fourth-order valence-electron chi connectivity index (χ4n) is 2.34. The molecule has 1 amide bonds. The third-order valence-electron chi connectivity index (χ3n) is 3.60. The van der Waals surface area contributed by atoms with Gasteiger partial charge in [0, 0.05) is 5.56 Å². The topological polar surface area (TPSA) is 29.1 Å². The molecule has 2 nitrogen and oxygen atoms in total. The summed E-state index contributed by atoms with van der Waals surface area (Å²) >= 11 is 0. The molecule has 0 heterocycles. The lowest BCUT2D eigenvalue weighted by atomic mass is 9.94. The molecule has 1 aromatic carbocycles. The van der Waals surface area contributed by atoms with E-state index in [0.717, 1.165) is 12.0 Å². The molecule has 0 saturated heterocycles. The Labute approximate surface area is 115 Å². The fourth-order valence-corrected chi connectivity index (χ4v) is 2.34. The maximum Gasteiger partial charge on any atom is 0.251 e. The van der Waals surface area contributed by atoms with Gasteiger partial charge in [0.15, 0.2) is 0 Å². The molecule has 1 aliphatic carbocycles. The van der Waals surface area contributed by atoms with Crippen LogP contribution in [0.3, 0.4) is 0 Å². The van der Waals surface area contributed by atoms with Crippen LogP contribution in [0.15, 0.2) is 42.5 Å². The van der Waals surface area contributed by atoms with Crippen LogP contribution in [0.5, 0.6) is 0 Å². The minimum atomic E-state index is 0.00745. The number of nitrogens with one attached hydrogen (secondary N) is 1. The molecule has 1 saturated carbocycles. The lowest BCUT2D eigenvalue weighted by Gasteiger charge is -2.23. The van der Waals surface area contributed by atoms with E-state index in [1.807, 2.05) is 30.3 Å². The molecule has 19 heavy (non-hydrogen) atoms. The number of amides is 1. The van der Waals surface area contributed by atoms with Gasteiger partial charge in [-0.25, -0.2) is 0 Å². The highest BCUT2D eigenvalue weighted by Gasteiger charge is 2.30. The molecule has 1 N–H and O–H groups in total. The maximum absolute atomic E-state index is 12.2. The number of hydrogen-bond donors (Lipinski definition) is 1. The number of carbonyl (C=O) groups excluding carboxylic acids is 1. The summed E-state index contributed by atoms with van der Waals surface area (Å²) in [5.74, 6) is 1.18. The fraction of sp³-hybridized carbons (Fsp3) is 0.471. The first-order valence-electron chi connectivity index (χ1n) is 7.12. The van der Waals surface area contributed by atoms with Crippen LogP contribution < -0.4 is 5.32 Å². The van der Waals surface area contributed by atoms with Crippen LogP contribution in [-0.2, 0) is 0 Å². The van der Waals surface area contributed by atoms with Crippen molar-refractivity contribution in [1.82, 2.24) is 5.32 Å². The van der Waals surface area contributed by atoms with Gasteiger partial charge >= 0.3 is 0 Å². The van der Waals surface area contributed by atoms with Gasteiger partial charge in [0.2, 0.25) is 0 Å². The second-order valence-electron chi connectivity index (χ2n) is 5.87. The zero-order valence-electron chi connectivity index (χ0n) is 11.9. The third kappa shape index (κ3) is 3.95. The first-order chi connectivity index (χ1) is 9.08. The summed E-state index contributed by atoms with van der Waals surface area (Å²) in [6.07, 6.45) is 3.43. The van der Waals surface area contributed by atoms with Crippen molar-refractivity contribution in [2.75, 3.05) is 0 Å². The molecule has 1 atom stereocenters. The highest BCUT2D eigenvalue weighted by atomic mass is 16.1. The predicted molar refractivity (Wildman–Crippen MR) is 79.0 cm³/mol. The van der Waals surface area contributed by atoms with Gasteiger partial charge in [-0.15, -0.1) is 0 Å². The van der Waals surface area contributed by atoms with Gasteiger partial charge in [-0.2, -0.15) is 0 Å². The average molecular weight is 257 g/mol. The highest BCUT2D eigenvalue weighted by Crippen LogP contribution is 2.38. The Morgan fingerprint density at radius 2 is 1.95 bits per heavy atom. The molecule has 0 spiro atoms. The van der Waals surface area contributed by atoms with Crippen molar-refractivity contribution in [3.8, 4) is 0 Å². The summed E-state index contributed by atoms with van der Waals surface area (Å²) in [5, 5.41) is 3.15. The molecule has 0 bridgehead atoms. The summed E-state index contributed by atoms with van der Waals surface area (Å²) < 4.78 is 0. The van der Waals surface area contributed by atoms with E-state index in [9.17, 15) is 4.79 Å². The molecule has 2 heteroatoms. The van der Waals surface area contributed by atoms with E-state index in [4.69, 9.17) is 0 Å². The van der Waals surface area contributed by atoms with Gasteiger partial charge in [0.25, 0.3) is 5.91 Å². The molecular formula is C17H23NO. The van der Waals surface area contributed by atoms with Gasteiger partial charge in [0.1, 0.15) is 0 Å². The zero-order valence-corrected chi connectivity index (χ0v) is 11.9. The Morgan fingerprint density at radius 1 is 1.32 bits per heavy atom. The van der Waals surface area contributed by atoms with E-state index >= 15 is 0 Å². The van der Waals surface area contributed by atoms with Crippen LogP contribution in [-0.4, -0.2) is 11.9 Å². The Balaban J connectivity index is 2.02. The van der Waals surface area contributed by atoms with E-state index in [-0.39, 0.29) is 11.9 Å². The lowest BCUT2D eigenvalue weighted by Crippen LogP contribution is -2.37. The largest absolute Gasteiger partial charge is 0.346 e. The molecule has 2 rings (SSSR count). The molecule has 1 aromatic rings. The minimum Gasteiger partial charge on any atom is -0.346 e. The van der Waals surface area contributed by atoms with Crippen LogP contribution in [0.1, 0.15) is 43.5 Å². The van der Waals surface area contributed by atoms with Crippen LogP contribution in [0.4, 0.5) is 0 Å². The monoisotopic (exact) mass is 257 g/mol. The normalized spacial score (nSPS) is 16.2. The van der Waals surface area contributed by atoms with E-state index in [1.54, 1.807) is 0 Å². The molecule has 1 unspecified atom stereocenters. The van der Waals surface area contributed by atoms with Crippen molar-refractivity contribution in [3.63, 3.8) is 0 Å². The van der Waals surface area contributed by atoms with Crippen molar-refractivity contribution in [1.29, 1.82) is 0 Å². The molecule has 0 aliphatic heterocycles. The second-order valence-corrected chi connectivity index (χ2v) is 5.87. The van der Waals surface area contributed by atoms with E-state index < -0.39 is 0 Å². The maximum atomic E-state index is 12.2. The van der Waals surface area contributed by atoms with Gasteiger partial charge in [0.05, 0.1) is 6.04 Å². The van der Waals surface area contributed by atoms with Gasteiger partial charge in [-0.05, 0) is 43.2 Å². The molecule has 1 fully saturated rings. The standard InChI is InChI=1S/C17H23NO/c1-12(2)11-16(13(3)14-9-10-14)18-17(19)15-7-5-4-6-8-15/h4-8,12,14,16H,3,9-11H2,1-2H3,(H,18,19). The van der Waals surface area contributed by atoms with Crippen molar-refractivity contribution in [3.05, 3.63) is 48.0 Å². The van der Waals surface area contributed by atoms with Crippen LogP contribution in [0.25, 0.3) is 0 Å². The summed E-state index contributed by atoms with van der Waals surface area (Å²) in [5.41, 5.74) is 1.93. The summed E-state index contributed by atoms with van der Waals surface area (Å²) in [4.78, 5) is 12.2. The average Bonchev–Trinajstić information content (AvgIpc) is 3.22. The molecule has 0 aromatic heterocycles. The van der Waals surface area contributed by atoms with E-state index in [0.29, 0.717) is 11.8 Å². The Morgan fingerprint density at radius 3 is 2.47 bits per heavy atom. The van der Waals surface area contributed by atoms with Crippen LogP contribution in [0, 0.1) is 11.8 Å². The molecule has 1 aliphatic rings. The number of rotatable bonds is 6. The zero-order chi connectivity index (χ0) is 13.8. The predicted octanol–water partition coefficient (Wildman–Crippen LogP) is 3.80. The Kier molecular flexibility index (Phi) is 4.41. The number of hydrogen-bond acceptors (Lipinski definition) is 1. The smallest absolute Gasteiger partial charge is 0.251 e. The van der Waals surface area contributed by atoms with Crippen molar-refractivity contribution >= 4 is 5.91 Å². The second kappa shape index (κ2) is 6.05. The SMILES string of the molecule is C=C(C1CC1)C(CC(C)C)NC(=O)c1ccccc1. The van der Waals surface area contributed by atoms with Crippen molar-refractivity contribution in [2.45, 2.75) is 39.2 Å². The quantitative estimate of drug-likeness (QED) is 0.772. The third-order valence-corrected chi connectivity index (χ3v) is 3.60. The van der Waals surface area contributed by atoms with Gasteiger partial charge in [-0.1, -0.05) is 44.2 Å². The highest BCUT2D eigenvalue weighted by molar-refractivity contribution is 5.94. The minimum absolute atomic E-state index is 0.00745. The number of benzene rings is 1. The van der Waals surface area contributed by atoms with E-state index in [1.165, 1.54) is 18.4 Å². The summed E-state index contributed by atoms with van der Waals surface area (Å²) in [7, 11) is 0. The molecule has 0 radical (unpaired) electrons. The first kappa shape index (κ1) is 13.9. The van der Waals surface area contributed by atoms with Gasteiger partial charge < -0.3 is 5.32 Å². The Hall–Kier alpha value is -1.57. The molecular weight excluding hydrogens is 234 g/mol. The van der Waals surface area contributed by atoms with Crippen LogP contribution in [0.2, 0.25) is 0 Å². The lowest BCUT2D eigenvalue weighted by molar-refractivity contribution is 0.0938. The summed E-state index contributed by atoms with van der Waals surface area (Å²) in [6.45, 7) is 8.57. The molecule has 102 valence electrons. The summed E-state index contributed by atoms with van der Waals surface area (Å²) in [6, 6.07) is 9.51.